The number of amidine groups is 1. The average molecular weight is 248 g/mol. The molecule has 1 heterocycles. The van der Waals surface area contributed by atoms with Crippen LogP contribution in [0.5, 0.6) is 0 Å². The molecule has 6 heteroatoms. The Morgan fingerprint density at radius 1 is 1.56 bits per heavy atom. The molecule has 0 atom stereocenters. The Balaban J connectivity index is 2.28. The van der Waals surface area contributed by atoms with Gasteiger partial charge >= 0.3 is 0 Å². The standard InChI is InChI=1S/C12H13FN4O/c1-8-15-4-5-17(8)7-10-3-2-9(6-11(10)13)12(14)16-18/h2-6,18H,7H2,1H3,(H2,14,16). The molecular formula is C12H13FN4O. The highest BCUT2D eigenvalue weighted by atomic mass is 19.1. The van der Waals surface area contributed by atoms with Gasteiger partial charge in [-0.25, -0.2) is 9.37 Å². The second-order valence-electron chi connectivity index (χ2n) is 3.89. The minimum Gasteiger partial charge on any atom is -0.409 e. The third kappa shape index (κ3) is 2.32. The maximum atomic E-state index is 13.8. The quantitative estimate of drug-likeness (QED) is 0.374. The number of nitrogens with two attached hydrogens (primary N) is 1. The summed E-state index contributed by atoms with van der Waals surface area (Å²) >= 11 is 0. The smallest absolute Gasteiger partial charge is 0.170 e. The van der Waals surface area contributed by atoms with Gasteiger partial charge in [0.15, 0.2) is 5.84 Å². The molecule has 5 nitrogen and oxygen atoms in total. The first kappa shape index (κ1) is 12.1. The van der Waals surface area contributed by atoms with Crippen molar-refractivity contribution in [2.75, 3.05) is 0 Å². The number of hydrogen-bond donors (Lipinski definition) is 2. The van der Waals surface area contributed by atoms with Crippen molar-refractivity contribution in [3.63, 3.8) is 0 Å². The van der Waals surface area contributed by atoms with Crippen LogP contribution in [0.25, 0.3) is 0 Å². The Morgan fingerprint density at radius 2 is 2.33 bits per heavy atom. The zero-order valence-electron chi connectivity index (χ0n) is 9.84. The van der Waals surface area contributed by atoms with E-state index in [1.807, 2.05) is 11.5 Å². The van der Waals surface area contributed by atoms with Crippen LogP contribution in [0.2, 0.25) is 0 Å². The summed E-state index contributed by atoms with van der Waals surface area (Å²) in [6.07, 6.45) is 3.45. The van der Waals surface area contributed by atoms with Gasteiger partial charge in [0.2, 0.25) is 0 Å². The highest BCUT2D eigenvalue weighted by Crippen LogP contribution is 2.13. The van der Waals surface area contributed by atoms with E-state index in [-0.39, 0.29) is 5.84 Å². The maximum Gasteiger partial charge on any atom is 0.170 e. The molecule has 18 heavy (non-hydrogen) atoms. The molecule has 94 valence electrons. The van der Waals surface area contributed by atoms with Gasteiger partial charge in [-0.15, -0.1) is 0 Å². The summed E-state index contributed by atoms with van der Waals surface area (Å²) in [6.45, 7) is 2.25. The fourth-order valence-corrected chi connectivity index (χ4v) is 1.65. The molecule has 0 radical (unpaired) electrons. The van der Waals surface area contributed by atoms with Gasteiger partial charge in [-0.05, 0) is 13.0 Å². The van der Waals surface area contributed by atoms with Crippen molar-refractivity contribution in [3.8, 4) is 0 Å². The van der Waals surface area contributed by atoms with Crippen LogP contribution < -0.4 is 5.73 Å². The van der Waals surface area contributed by atoms with Crippen molar-refractivity contribution in [1.29, 1.82) is 0 Å². The molecule has 0 aliphatic carbocycles. The minimum atomic E-state index is -0.396. The van der Waals surface area contributed by atoms with Gasteiger partial charge in [0.1, 0.15) is 11.6 Å². The average Bonchev–Trinajstić information content (AvgIpc) is 2.76. The monoisotopic (exact) mass is 248 g/mol. The summed E-state index contributed by atoms with van der Waals surface area (Å²) in [5.74, 6) is 0.307. The van der Waals surface area contributed by atoms with Gasteiger partial charge in [0.25, 0.3) is 0 Å². The maximum absolute atomic E-state index is 13.8. The van der Waals surface area contributed by atoms with Crippen LogP contribution in [0.4, 0.5) is 4.39 Å². The molecular weight excluding hydrogens is 235 g/mol. The Hall–Kier alpha value is -2.37. The van der Waals surface area contributed by atoms with E-state index in [4.69, 9.17) is 10.9 Å². The number of benzene rings is 1. The number of oxime groups is 1. The van der Waals surface area contributed by atoms with Crippen LogP contribution in [-0.2, 0) is 6.54 Å². The summed E-state index contributed by atoms with van der Waals surface area (Å²) in [6, 6.07) is 4.47. The van der Waals surface area contributed by atoms with Crippen molar-refractivity contribution in [3.05, 3.63) is 53.4 Å². The van der Waals surface area contributed by atoms with Crippen LogP contribution >= 0.6 is 0 Å². The fraction of sp³-hybridized carbons (Fsp3) is 0.167. The predicted octanol–water partition coefficient (Wildman–Crippen LogP) is 1.47. The van der Waals surface area contributed by atoms with Gasteiger partial charge in [-0.2, -0.15) is 0 Å². The predicted molar refractivity (Wildman–Crippen MR) is 65.0 cm³/mol. The molecule has 1 aromatic carbocycles. The van der Waals surface area contributed by atoms with Gasteiger partial charge in [0.05, 0.1) is 6.54 Å². The Kier molecular flexibility index (Phi) is 3.27. The second-order valence-corrected chi connectivity index (χ2v) is 3.89. The largest absolute Gasteiger partial charge is 0.409 e. The lowest BCUT2D eigenvalue weighted by molar-refractivity contribution is 0.318. The zero-order chi connectivity index (χ0) is 13.1. The Bertz CT molecular complexity index is 592. The Labute approximate surface area is 103 Å². The van der Waals surface area contributed by atoms with E-state index in [1.165, 1.54) is 6.07 Å². The van der Waals surface area contributed by atoms with E-state index in [9.17, 15) is 4.39 Å². The first-order chi connectivity index (χ1) is 8.61. The normalized spacial score (nSPS) is 11.8. The lowest BCUT2D eigenvalue weighted by Gasteiger charge is -2.07. The third-order valence-electron chi connectivity index (χ3n) is 2.72. The first-order valence-electron chi connectivity index (χ1n) is 5.36. The first-order valence-corrected chi connectivity index (χ1v) is 5.36. The zero-order valence-corrected chi connectivity index (χ0v) is 9.84. The van der Waals surface area contributed by atoms with Gasteiger partial charge < -0.3 is 15.5 Å². The van der Waals surface area contributed by atoms with Crippen LogP contribution in [0.3, 0.4) is 0 Å². The van der Waals surface area contributed by atoms with Crippen molar-refractivity contribution in [2.24, 2.45) is 10.9 Å². The van der Waals surface area contributed by atoms with E-state index in [1.54, 1.807) is 24.5 Å². The number of rotatable bonds is 3. The molecule has 0 fully saturated rings. The third-order valence-corrected chi connectivity index (χ3v) is 2.72. The van der Waals surface area contributed by atoms with Crippen molar-refractivity contribution in [1.82, 2.24) is 9.55 Å². The molecule has 0 amide bonds. The minimum absolute atomic E-state index is 0.112. The molecule has 0 spiro atoms. The molecule has 0 saturated heterocycles. The van der Waals surface area contributed by atoms with Crippen LogP contribution in [0.1, 0.15) is 17.0 Å². The molecule has 2 rings (SSSR count). The number of nitrogens with zero attached hydrogens (tertiary/aromatic N) is 3. The van der Waals surface area contributed by atoms with E-state index in [0.717, 1.165) is 5.82 Å². The van der Waals surface area contributed by atoms with Crippen molar-refractivity contribution >= 4 is 5.84 Å². The molecule has 0 bridgehead atoms. The summed E-state index contributed by atoms with van der Waals surface area (Å²) in [4.78, 5) is 4.07. The van der Waals surface area contributed by atoms with Gasteiger partial charge in [0, 0.05) is 23.5 Å². The SMILES string of the molecule is Cc1nccn1Cc1ccc(/C(N)=N/O)cc1F. The lowest BCUT2D eigenvalue weighted by atomic mass is 10.1. The summed E-state index contributed by atoms with van der Waals surface area (Å²) in [5.41, 5.74) is 6.26. The highest BCUT2D eigenvalue weighted by molar-refractivity contribution is 5.97. The van der Waals surface area contributed by atoms with Crippen LogP contribution in [0, 0.1) is 12.7 Å². The molecule has 0 aliphatic heterocycles. The van der Waals surface area contributed by atoms with Gasteiger partial charge in [-0.3, -0.25) is 0 Å². The van der Waals surface area contributed by atoms with E-state index in [0.29, 0.717) is 17.7 Å². The summed E-state index contributed by atoms with van der Waals surface area (Å²) < 4.78 is 15.7. The van der Waals surface area contributed by atoms with E-state index < -0.39 is 5.82 Å². The van der Waals surface area contributed by atoms with Crippen LogP contribution in [0.15, 0.2) is 35.7 Å². The van der Waals surface area contributed by atoms with Crippen molar-refractivity contribution < 1.29 is 9.60 Å². The Morgan fingerprint density at radius 3 is 2.89 bits per heavy atom. The number of halogens is 1. The van der Waals surface area contributed by atoms with Crippen molar-refractivity contribution in [2.45, 2.75) is 13.5 Å². The topological polar surface area (TPSA) is 76.4 Å². The number of imidazole rings is 1. The van der Waals surface area contributed by atoms with E-state index >= 15 is 0 Å². The van der Waals surface area contributed by atoms with E-state index in [2.05, 4.69) is 10.1 Å². The number of hydrogen-bond acceptors (Lipinski definition) is 3. The van der Waals surface area contributed by atoms with Crippen LogP contribution in [-0.4, -0.2) is 20.6 Å². The fourth-order valence-electron chi connectivity index (χ4n) is 1.65. The lowest BCUT2D eigenvalue weighted by Crippen LogP contribution is -2.14. The second kappa shape index (κ2) is 4.87. The molecule has 2 aromatic rings. The summed E-state index contributed by atoms with van der Waals surface area (Å²) in [7, 11) is 0. The molecule has 0 saturated carbocycles. The molecule has 0 unspecified atom stereocenters. The molecule has 0 aliphatic rings. The number of aromatic nitrogens is 2. The molecule has 1 aromatic heterocycles. The number of aryl methyl sites for hydroxylation is 1. The summed E-state index contributed by atoms with van der Waals surface area (Å²) in [5, 5.41) is 11.4. The molecule has 3 N–H and O–H groups in total. The van der Waals surface area contributed by atoms with Gasteiger partial charge in [-0.1, -0.05) is 17.3 Å². The highest BCUT2D eigenvalue weighted by Gasteiger charge is 2.08.